The van der Waals surface area contributed by atoms with Crippen molar-refractivity contribution in [1.82, 2.24) is 4.98 Å². The fourth-order valence-corrected chi connectivity index (χ4v) is 5.17. The number of hydrogen-bond donors (Lipinski definition) is 1. The molecule has 0 aliphatic carbocycles. The molecule has 0 saturated heterocycles. The molecule has 28 heavy (non-hydrogen) atoms. The van der Waals surface area contributed by atoms with Crippen LogP contribution in [-0.2, 0) is 12.0 Å². The van der Waals surface area contributed by atoms with Gasteiger partial charge < -0.3 is 5.73 Å². The van der Waals surface area contributed by atoms with Crippen molar-refractivity contribution in [2.24, 2.45) is 10.7 Å². The van der Waals surface area contributed by atoms with E-state index >= 15 is 0 Å². The standard InChI is InChI=1S/C20H18FN3OS2.ClH/c1-20(6-8-26-19(22)24-20)14-9-12(4-5-15(14)21)10-16(25)17-11-13-3-2-7-23-18(13)27-17;/h2-5,7,9,11H,6,8,10H2,1H3,(H2,22,24);1H/t20-;/m0./s1. The van der Waals surface area contributed by atoms with E-state index in [9.17, 15) is 9.18 Å². The Morgan fingerprint density at radius 3 is 2.89 bits per heavy atom. The van der Waals surface area contributed by atoms with E-state index in [0.717, 1.165) is 21.5 Å². The van der Waals surface area contributed by atoms with Crippen molar-refractivity contribution in [3.8, 4) is 0 Å². The summed E-state index contributed by atoms with van der Waals surface area (Å²) < 4.78 is 14.5. The second-order valence-corrected chi connectivity index (χ2v) is 8.89. The van der Waals surface area contributed by atoms with Gasteiger partial charge >= 0.3 is 0 Å². The number of Topliss-reactive ketones (excluding diaryl/α,β-unsaturated/α-hetero) is 1. The topological polar surface area (TPSA) is 68.3 Å². The van der Waals surface area contributed by atoms with Gasteiger partial charge in [0.1, 0.15) is 10.6 Å². The maximum absolute atomic E-state index is 14.5. The summed E-state index contributed by atoms with van der Waals surface area (Å²) in [5.74, 6) is 0.481. The average Bonchev–Trinajstić information content (AvgIpc) is 3.07. The van der Waals surface area contributed by atoms with Crippen LogP contribution < -0.4 is 5.73 Å². The van der Waals surface area contributed by atoms with Crippen LogP contribution in [0.15, 0.2) is 47.6 Å². The minimum Gasteiger partial charge on any atom is -0.379 e. The van der Waals surface area contributed by atoms with Crippen LogP contribution in [0.5, 0.6) is 0 Å². The summed E-state index contributed by atoms with van der Waals surface area (Å²) >= 11 is 2.87. The number of fused-ring (bicyclic) bond motifs is 1. The molecule has 3 aromatic rings. The Kier molecular flexibility index (Phi) is 6.07. The van der Waals surface area contributed by atoms with Crippen LogP contribution in [0, 0.1) is 5.82 Å². The molecular weight excluding hydrogens is 417 g/mol. The van der Waals surface area contributed by atoms with Gasteiger partial charge in [-0.3, -0.25) is 9.79 Å². The van der Waals surface area contributed by atoms with Crippen molar-refractivity contribution in [2.45, 2.75) is 25.3 Å². The molecule has 0 saturated carbocycles. The third-order valence-corrected chi connectivity index (χ3v) is 6.64. The van der Waals surface area contributed by atoms with Crippen molar-refractivity contribution in [3.05, 3.63) is 64.4 Å². The van der Waals surface area contributed by atoms with E-state index in [4.69, 9.17) is 5.73 Å². The molecule has 4 nitrogen and oxygen atoms in total. The van der Waals surface area contributed by atoms with Crippen LogP contribution in [-0.4, -0.2) is 21.7 Å². The van der Waals surface area contributed by atoms with Gasteiger partial charge in [0.2, 0.25) is 0 Å². The van der Waals surface area contributed by atoms with Gasteiger partial charge in [0.05, 0.1) is 10.4 Å². The molecule has 1 aromatic carbocycles. The zero-order valence-electron chi connectivity index (χ0n) is 15.1. The average molecular weight is 436 g/mol. The van der Waals surface area contributed by atoms with E-state index in [2.05, 4.69) is 9.98 Å². The Morgan fingerprint density at radius 1 is 1.32 bits per heavy atom. The van der Waals surface area contributed by atoms with E-state index in [1.807, 2.05) is 25.1 Å². The molecule has 0 bridgehead atoms. The molecular formula is C20H19ClFN3OS2. The molecule has 2 N–H and O–H groups in total. The third kappa shape index (κ3) is 4.06. The molecule has 1 aliphatic rings. The highest BCUT2D eigenvalue weighted by molar-refractivity contribution is 8.13. The number of thioether (sulfide) groups is 1. The molecule has 8 heteroatoms. The Hall–Kier alpha value is -1.96. The summed E-state index contributed by atoms with van der Waals surface area (Å²) in [4.78, 5) is 23.0. The number of rotatable bonds is 4. The minimum atomic E-state index is -0.694. The number of hydrogen-bond acceptors (Lipinski definition) is 6. The predicted molar refractivity (Wildman–Crippen MR) is 117 cm³/mol. The number of nitrogens with two attached hydrogens (primary N) is 1. The zero-order chi connectivity index (χ0) is 19.0. The van der Waals surface area contributed by atoms with Crippen LogP contribution >= 0.6 is 35.5 Å². The van der Waals surface area contributed by atoms with Gasteiger partial charge in [0.15, 0.2) is 11.0 Å². The lowest BCUT2D eigenvalue weighted by atomic mass is 9.87. The molecule has 4 rings (SSSR count). The number of aromatic nitrogens is 1. The number of thiophene rings is 1. The quantitative estimate of drug-likeness (QED) is 0.588. The van der Waals surface area contributed by atoms with Crippen molar-refractivity contribution in [1.29, 1.82) is 0 Å². The van der Waals surface area contributed by atoms with Gasteiger partial charge in [-0.25, -0.2) is 9.37 Å². The fourth-order valence-electron chi connectivity index (χ4n) is 3.26. The van der Waals surface area contributed by atoms with Crippen LogP contribution in [0.4, 0.5) is 4.39 Å². The molecule has 0 spiro atoms. The van der Waals surface area contributed by atoms with Crippen molar-refractivity contribution >= 4 is 56.7 Å². The molecule has 0 unspecified atom stereocenters. The fraction of sp³-hybridized carbons (Fsp3) is 0.250. The Bertz CT molecular complexity index is 1040. The Balaban J connectivity index is 0.00000225. The second-order valence-electron chi connectivity index (χ2n) is 6.74. The van der Waals surface area contributed by atoms with E-state index < -0.39 is 5.54 Å². The van der Waals surface area contributed by atoms with Crippen LogP contribution in [0.3, 0.4) is 0 Å². The molecule has 2 aromatic heterocycles. The summed E-state index contributed by atoms with van der Waals surface area (Å²) in [6.07, 6.45) is 2.63. The first-order valence-corrected chi connectivity index (χ1v) is 10.4. The maximum atomic E-state index is 14.5. The van der Waals surface area contributed by atoms with Gasteiger partial charge in [0, 0.05) is 29.3 Å². The summed E-state index contributed by atoms with van der Waals surface area (Å²) in [5, 5.41) is 1.44. The van der Waals surface area contributed by atoms with Gasteiger partial charge in [-0.05, 0) is 43.2 Å². The lowest BCUT2D eigenvalue weighted by molar-refractivity contribution is 0.0997. The Morgan fingerprint density at radius 2 is 2.14 bits per heavy atom. The molecule has 0 amide bonds. The normalized spacial score (nSPS) is 19.1. The Labute approximate surface area is 176 Å². The number of nitrogens with zero attached hydrogens (tertiary/aromatic N) is 2. The molecule has 0 radical (unpaired) electrons. The number of pyridine rings is 1. The molecule has 0 fully saturated rings. The number of aliphatic imine (C=N–C) groups is 1. The van der Waals surface area contributed by atoms with E-state index in [-0.39, 0.29) is 30.4 Å². The van der Waals surface area contributed by atoms with Crippen molar-refractivity contribution in [2.75, 3.05) is 5.75 Å². The number of carbonyl (C=O) groups is 1. The van der Waals surface area contributed by atoms with Gasteiger partial charge in [0.25, 0.3) is 0 Å². The van der Waals surface area contributed by atoms with Gasteiger partial charge in [-0.15, -0.1) is 23.7 Å². The zero-order valence-corrected chi connectivity index (χ0v) is 17.6. The van der Waals surface area contributed by atoms with E-state index in [1.165, 1.54) is 29.2 Å². The predicted octanol–water partition coefficient (Wildman–Crippen LogP) is 4.95. The van der Waals surface area contributed by atoms with Crippen LogP contribution in [0.1, 0.15) is 34.1 Å². The molecule has 3 heterocycles. The number of ketones is 1. The summed E-state index contributed by atoms with van der Waals surface area (Å²) in [7, 11) is 0. The first-order valence-electron chi connectivity index (χ1n) is 8.59. The molecule has 146 valence electrons. The highest BCUT2D eigenvalue weighted by Crippen LogP contribution is 2.37. The van der Waals surface area contributed by atoms with Crippen LogP contribution in [0.2, 0.25) is 0 Å². The highest BCUT2D eigenvalue weighted by Gasteiger charge is 2.32. The second kappa shape index (κ2) is 8.19. The first-order chi connectivity index (χ1) is 12.9. The van der Waals surface area contributed by atoms with Gasteiger partial charge in [-0.2, -0.15) is 0 Å². The highest BCUT2D eigenvalue weighted by atomic mass is 35.5. The summed E-state index contributed by atoms with van der Waals surface area (Å²) in [6.45, 7) is 1.89. The third-order valence-electron chi connectivity index (χ3n) is 4.74. The number of halogens is 2. The van der Waals surface area contributed by atoms with Crippen molar-refractivity contribution < 1.29 is 9.18 Å². The largest absolute Gasteiger partial charge is 0.379 e. The summed E-state index contributed by atoms with van der Waals surface area (Å²) in [6, 6.07) is 10.5. The monoisotopic (exact) mass is 435 g/mol. The van der Waals surface area contributed by atoms with Gasteiger partial charge in [-0.1, -0.05) is 23.9 Å². The van der Waals surface area contributed by atoms with Crippen LogP contribution in [0.25, 0.3) is 10.2 Å². The van der Waals surface area contributed by atoms with E-state index in [1.54, 1.807) is 18.3 Å². The molecule has 1 aliphatic heterocycles. The SMILES string of the molecule is C[C@@]1(c2cc(CC(=O)c3cc4cccnc4s3)ccc2F)CCSC(N)=N1.Cl. The maximum Gasteiger partial charge on any atom is 0.177 e. The molecule has 1 atom stereocenters. The number of amidine groups is 1. The number of carbonyl (C=O) groups excluding carboxylic acids is 1. The minimum absolute atomic E-state index is 0. The smallest absolute Gasteiger partial charge is 0.177 e. The van der Waals surface area contributed by atoms with E-state index in [0.29, 0.717) is 22.0 Å². The van der Waals surface area contributed by atoms with Crippen molar-refractivity contribution in [3.63, 3.8) is 0 Å². The number of benzene rings is 1. The summed E-state index contributed by atoms with van der Waals surface area (Å²) in [5.41, 5.74) is 6.43. The first kappa shape index (κ1) is 20.8. The lowest BCUT2D eigenvalue weighted by Gasteiger charge is -2.30. The lowest BCUT2D eigenvalue weighted by Crippen LogP contribution is -2.29.